The molecule has 0 N–H and O–H groups in total. The molecule has 238 valence electrons. The third-order valence-electron chi connectivity index (χ3n) is 10.4. The average Bonchev–Trinajstić information content (AvgIpc) is 3.86. The summed E-state index contributed by atoms with van der Waals surface area (Å²) in [6, 6.07) is 60.6. The summed E-state index contributed by atoms with van der Waals surface area (Å²) in [6.45, 7) is 0. The number of rotatable bonds is 4. The van der Waals surface area contributed by atoms with E-state index < -0.39 is 0 Å². The van der Waals surface area contributed by atoms with Crippen LogP contribution in [0.4, 0.5) is 0 Å². The second kappa shape index (κ2) is 10.8. The topological polar surface area (TPSA) is 35.9 Å². The monoisotopic (exact) mass is 651 g/mol. The van der Waals surface area contributed by atoms with Crippen molar-refractivity contribution in [3.05, 3.63) is 176 Å². The molecule has 0 spiro atoms. The van der Waals surface area contributed by atoms with Gasteiger partial charge in [0.1, 0.15) is 5.58 Å². The highest BCUT2D eigenvalue weighted by molar-refractivity contribution is 6.13. The molecule has 0 aliphatic rings. The summed E-state index contributed by atoms with van der Waals surface area (Å²) in [7, 11) is 0. The van der Waals surface area contributed by atoms with Crippen LogP contribution in [0.25, 0.3) is 99.3 Å². The maximum Gasteiger partial charge on any atom is 0.159 e. The number of hydrogen-bond acceptors (Lipinski definition) is 2. The third kappa shape index (κ3) is 4.17. The van der Waals surface area contributed by atoms with Crippen LogP contribution in [-0.2, 0) is 0 Å². The van der Waals surface area contributed by atoms with E-state index in [4.69, 9.17) is 9.40 Å². The van der Waals surface area contributed by atoms with Crippen molar-refractivity contribution in [2.75, 3.05) is 0 Å². The van der Waals surface area contributed by atoms with Gasteiger partial charge in [-0.3, -0.25) is 4.98 Å². The molecule has 11 rings (SSSR count). The summed E-state index contributed by atoms with van der Waals surface area (Å²) in [5, 5.41) is 5.80. The van der Waals surface area contributed by atoms with Crippen LogP contribution in [-0.4, -0.2) is 14.1 Å². The van der Waals surface area contributed by atoms with Crippen LogP contribution in [0, 0.1) is 0 Å². The van der Waals surface area contributed by atoms with Crippen molar-refractivity contribution in [3.8, 4) is 33.6 Å². The number of nitrogens with zero attached hydrogens (tertiary/aromatic N) is 3. The number of para-hydroxylation sites is 3. The van der Waals surface area contributed by atoms with E-state index in [9.17, 15) is 0 Å². The second-order valence-electron chi connectivity index (χ2n) is 13.2. The molecule has 0 fully saturated rings. The van der Waals surface area contributed by atoms with E-state index in [1.807, 2.05) is 24.4 Å². The zero-order chi connectivity index (χ0) is 33.5. The molecule has 0 atom stereocenters. The average molecular weight is 652 g/mol. The first-order valence-corrected chi connectivity index (χ1v) is 17.3. The van der Waals surface area contributed by atoms with Crippen LogP contribution in [0.3, 0.4) is 0 Å². The largest absolute Gasteiger partial charge is 0.454 e. The molecule has 0 aliphatic carbocycles. The van der Waals surface area contributed by atoms with Gasteiger partial charge in [-0.15, -0.1) is 0 Å². The number of benzene rings is 7. The van der Waals surface area contributed by atoms with Gasteiger partial charge >= 0.3 is 0 Å². The molecule has 7 aromatic carbocycles. The van der Waals surface area contributed by atoms with Gasteiger partial charge in [-0.1, -0.05) is 103 Å². The van der Waals surface area contributed by atoms with Crippen molar-refractivity contribution < 1.29 is 4.42 Å². The Morgan fingerprint density at radius 1 is 0.392 bits per heavy atom. The van der Waals surface area contributed by atoms with Crippen molar-refractivity contribution in [3.63, 3.8) is 0 Å². The van der Waals surface area contributed by atoms with Gasteiger partial charge in [-0.05, 0) is 89.0 Å². The van der Waals surface area contributed by atoms with E-state index in [2.05, 4.69) is 161 Å². The lowest BCUT2D eigenvalue weighted by Crippen LogP contribution is -1.94. The van der Waals surface area contributed by atoms with Gasteiger partial charge in [0, 0.05) is 38.8 Å². The fourth-order valence-electron chi connectivity index (χ4n) is 8.05. The first-order chi connectivity index (χ1) is 25.3. The van der Waals surface area contributed by atoms with Gasteiger partial charge in [0.05, 0.1) is 33.3 Å². The molecule has 0 saturated heterocycles. The number of hydrogen-bond donors (Lipinski definition) is 0. The Labute approximate surface area is 293 Å². The van der Waals surface area contributed by atoms with E-state index in [1.54, 1.807) is 0 Å². The van der Waals surface area contributed by atoms with Gasteiger partial charge in [0.2, 0.25) is 0 Å². The van der Waals surface area contributed by atoms with Crippen molar-refractivity contribution in [1.82, 2.24) is 14.1 Å². The van der Waals surface area contributed by atoms with Gasteiger partial charge in [-0.25, -0.2) is 0 Å². The van der Waals surface area contributed by atoms with Crippen LogP contribution in [0.2, 0.25) is 0 Å². The van der Waals surface area contributed by atoms with E-state index in [0.29, 0.717) is 0 Å². The number of fused-ring (bicyclic) bond motifs is 9. The highest BCUT2D eigenvalue weighted by atomic mass is 16.3. The van der Waals surface area contributed by atoms with E-state index in [1.165, 1.54) is 38.5 Å². The third-order valence-corrected chi connectivity index (χ3v) is 10.4. The quantitative estimate of drug-likeness (QED) is 0.190. The molecule has 51 heavy (non-hydrogen) atoms. The van der Waals surface area contributed by atoms with Crippen molar-refractivity contribution in [2.24, 2.45) is 0 Å². The Hall–Kier alpha value is -6.91. The highest BCUT2D eigenvalue weighted by Crippen LogP contribution is 2.40. The second-order valence-corrected chi connectivity index (χ2v) is 13.2. The van der Waals surface area contributed by atoms with E-state index >= 15 is 0 Å². The molecule has 4 heterocycles. The molecule has 0 bridgehead atoms. The minimum atomic E-state index is 0.877. The van der Waals surface area contributed by atoms with Crippen LogP contribution >= 0.6 is 0 Å². The van der Waals surface area contributed by atoms with Crippen molar-refractivity contribution in [2.45, 2.75) is 0 Å². The van der Waals surface area contributed by atoms with Gasteiger partial charge in [-0.2, -0.15) is 0 Å². The number of pyridine rings is 1. The minimum absolute atomic E-state index is 0.877. The zero-order valence-corrected chi connectivity index (χ0v) is 27.5. The minimum Gasteiger partial charge on any atom is -0.454 e. The summed E-state index contributed by atoms with van der Waals surface area (Å²) in [5.41, 5.74) is 14.2. The maximum atomic E-state index is 6.49. The predicted octanol–water partition coefficient (Wildman–Crippen LogP) is 12.5. The molecule has 0 radical (unpaired) electrons. The summed E-state index contributed by atoms with van der Waals surface area (Å²) in [6.07, 6.45) is 1.88. The fourth-order valence-corrected chi connectivity index (χ4v) is 8.05. The van der Waals surface area contributed by atoms with E-state index in [0.717, 1.165) is 60.8 Å². The molecule has 0 aliphatic heterocycles. The predicted molar refractivity (Wildman–Crippen MR) is 211 cm³/mol. The molecule has 0 amide bonds. The maximum absolute atomic E-state index is 6.49. The number of furan rings is 1. The van der Waals surface area contributed by atoms with Crippen molar-refractivity contribution >= 4 is 65.7 Å². The first-order valence-electron chi connectivity index (χ1n) is 17.3. The van der Waals surface area contributed by atoms with Crippen LogP contribution in [0.1, 0.15) is 0 Å². The van der Waals surface area contributed by atoms with Crippen molar-refractivity contribution in [1.29, 1.82) is 0 Å². The molecule has 0 saturated carbocycles. The lowest BCUT2D eigenvalue weighted by Gasteiger charge is -2.10. The summed E-state index contributed by atoms with van der Waals surface area (Å²) in [5.74, 6) is 0. The standard InChI is InChI=1S/C47H29N3O/c1-2-10-30(11-3-1)31-19-23-34(24-20-31)49-40-15-6-4-12-35(40)38-28-32(21-25-41(38)49)33-22-26-42-39(29-33)46-43(17-9-27-48-46)50(42)44-16-8-14-37-36-13-5-7-18-45(36)51-47(37)44/h1-29H. The Morgan fingerprint density at radius 3 is 1.86 bits per heavy atom. The summed E-state index contributed by atoms with van der Waals surface area (Å²) in [4.78, 5) is 4.91. The van der Waals surface area contributed by atoms with Gasteiger partial charge < -0.3 is 13.6 Å². The Morgan fingerprint density at radius 2 is 1.02 bits per heavy atom. The zero-order valence-electron chi connectivity index (χ0n) is 27.5. The summed E-state index contributed by atoms with van der Waals surface area (Å²) >= 11 is 0. The molecule has 4 aromatic heterocycles. The molecule has 4 heteroatoms. The highest BCUT2D eigenvalue weighted by Gasteiger charge is 2.19. The number of aromatic nitrogens is 3. The summed E-state index contributed by atoms with van der Waals surface area (Å²) < 4.78 is 11.2. The lowest BCUT2D eigenvalue weighted by atomic mass is 10.0. The molecule has 11 aromatic rings. The fraction of sp³-hybridized carbons (Fsp3) is 0. The molecular formula is C47H29N3O. The Kier molecular flexibility index (Phi) is 5.92. The van der Waals surface area contributed by atoms with Crippen LogP contribution < -0.4 is 0 Å². The molecular weight excluding hydrogens is 623 g/mol. The molecule has 4 nitrogen and oxygen atoms in total. The first kappa shape index (κ1) is 28.0. The smallest absolute Gasteiger partial charge is 0.159 e. The molecule has 0 unspecified atom stereocenters. The normalized spacial score (nSPS) is 11.9. The Balaban J connectivity index is 1.07. The SMILES string of the molecule is c1ccc(-c2ccc(-n3c4ccccc4c4cc(-c5ccc6c(c5)c5ncccc5n6-c5cccc6c5oc5ccccc56)ccc43)cc2)cc1. The van der Waals surface area contributed by atoms with Crippen LogP contribution in [0.5, 0.6) is 0 Å². The van der Waals surface area contributed by atoms with Gasteiger partial charge in [0.25, 0.3) is 0 Å². The van der Waals surface area contributed by atoms with E-state index in [-0.39, 0.29) is 0 Å². The Bertz CT molecular complexity index is 3130. The van der Waals surface area contributed by atoms with Crippen LogP contribution in [0.15, 0.2) is 180 Å². The lowest BCUT2D eigenvalue weighted by molar-refractivity contribution is 0.666. The van der Waals surface area contributed by atoms with Gasteiger partial charge in [0.15, 0.2) is 5.58 Å².